The smallest absolute Gasteiger partial charge is 0.307 e. The summed E-state index contributed by atoms with van der Waals surface area (Å²) < 4.78 is 0. The van der Waals surface area contributed by atoms with Crippen molar-refractivity contribution in [3.63, 3.8) is 0 Å². The third-order valence-corrected chi connectivity index (χ3v) is 5.33. The van der Waals surface area contributed by atoms with E-state index in [1.165, 1.54) is 70.6 Å². The van der Waals surface area contributed by atoms with Crippen LogP contribution >= 0.6 is 0 Å². The summed E-state index contributed by atoms with van der Waals surface area (Å²) in [5.41, 5.74) is 0. The summed E-state index contributed by atoms with van der Waals surface area (Å²) in [6, 6.07) is 0. The van der Waals surface area contributed by atoms with Crippen LogP contribution in [0.15, 0.2) is 12.2 Å². The lowest BCUT2D eigenvalue weighted by molar-refractivity contribution is -0.148. The van der Waals surface area contributed by atoms with Crippen molar-refractivity contribution in [2.75, 3.05) is 0 Å². The maximum Gasteiger partial charge on any atom is 0.307 e. The van der Waals surface area contributed by atoms with Crippen LogP contribution in [0.4, 0.5) is 0 Å². The lowest BCUT2D eigenvalue weighted by Gasteiger charge is -2.08. The highest BCUT2D eigenvalue weighted by molar-refractivity contribution is 5.77. The molecule has 1 unspecified atom stereocenters. The van der Waals surface area contributed by atoms with Gasteiger partial charge in [-0.25, -0.2) is 0 Å². The third kappa shape index (κ3) is 19.4. The number of aliphatic carboxylic acids is 2. The van der Waals surface area contributed by atoms with Crippen molar-refractivity contribution in [2.45, 2.75) is 122 Å². The van der Waals surface area contributed by atoms with Gasteiger partial charge in [0.15, 0.2) is 0 Å². The van der Waals surface area contributed by atoms with Gasteiger partial charge in [-0.2, -0.15) is 0 Å². The first-order chi connectivity index (χ1) is 13.6. The summed E-state index contributed by atoms with van der Waals surface area (Å²) in [5, 5.41) is 17.7. The maximum atomic E-state index is 11.0. The number of carboxylic acid groups (broad SMARTS) is 2. The zero-order chi connectivity index (χ0) is 20.9. The Morgan fingerprint density at radius 1 is 0.679 bits per heavy atom. The molecule has 0 fully saturated rings. The van der Waals surface area contributed by atoms with Crippen LogP contribution in [0.25, 0.3) is 0 Å². The summed E-state index contributed by atoms with van der Waals surface area (Å²) in [6.45, 7) is 2.26. The molecular formula is C24H44O4. The first kappa shape index (κ1) is 26.7. The SMILES string of the molecule is CCCCCCCCCCCCC/C=C/CCCCCC(CC(=O)O)C(=O)O. The fourth-order valence-corrected chi connectivity index (χ4v) is 3.52. The fourth-order valence-electron chi connectivity index (χ4n) is 3.52. The number of hydrogen-bond donors (Lipinski definition) is 2. The van der Waals surface area contributed by atoms with Gasteiger partial charge in [-0.15, -0.1) is 0 Å². The Kier molecular flexibility index (Phi) is 19.5. The molecule has 0 aliphatic carbocycles. The maximum absolute atomic E-state index is 11.0. The quantitative estimate of drug-likeness (QED) is 0.157. The number of carboxylic acids is 2. The Hall–Kier alpha value is -1.32. The van der Waals surface area contributed by atoms with Gasteiger partial charge in [0.2, 0.25) is 0 Å². The van der Waals surface area contributed by atoms with E-state index in [-0.39, 0.29) is 6.42 Å². The number of unbranched alkanes of at least 4 members (excludes halogenated alkanes) is 14. The van der Waals surface area contributed by atoms with Gasteiger partial charge in [-0.05, 0) is 32.1 Å². The standard InChI is InChI=1S/C24H44O4/c1-2-3-4-5-6-7-8-9-10-11-12-13-14-15-16-17-18-19-20-22(24(27)28)21-23(25)26/h14-15,22H,2-13,16-21H2,1H3,(H,25,26)(H,27,28)/b15-14+. The minimum atomic E-state index is -1.03. The second kappa shape index (κ2) is 20.4. The van der Waals surface area contributed by atoms with Crippen LogP contribution in [-0.2, 0) is 9.59 Å². The van der Waals surface area contributed by atoms with Gasteiger partial charge in [-0.1, -0.05) is 96.1 Å². The molecule has 0 bridgehead atoms. The van der Waals surface area contributed by atoms with E-state index in [2.05, 4.69) is 19.1 Å². The van der Waals surface area contributed by atoms with Crippen LogP contribution in [-0.4, -0.2) is 22.2 Å². The lowest BCUT2D eigenvalue weighted by atomic mass is 9.97. The van der Waals surface area contributed by atoms with Crippen molar-refractivity contribution in [2.24, 2.45) is 5.92 Å². The fraction of sp³-hybridized carbons (Fsp3) is 0.833. The van der Waals surface area contributed by atoms with Gasteiger partial charge in [0.05, 0.1) is 12.3 Å². The second-order valence-electron chi connectivity index (χ2n) is 8.07. The first-order valence-electron chi connectivity index (χ1n) is 11.7. The minimum Gasteiger partial charge on any atom is -0.481 e. The first-order valence-corrected chi connectivity index (χ1v) is 11.7. The molecule has 0 aromatic heterocycles. The highest BCUT2D eigenvalue weighted by Gasteiger charge is 2.19. The zero-order valence-corrected chi connectivity index (χ0v) is 18.2. The van der Waals surface area contributed by atoms with E-state index in [1.54, 1.807) is 0 Å². The molecule has 0 aliphatic rings. The van der Waals surface area contributed by atoms with E-state index in [1.807, 2.05) is 0 Å². The molecule has 1 atom stereocenters. The van der Waals surface area contributed by atoms with Crippen molar-refractivity contribution in [3.8, 4) is 0 Å². The van der Waals surface area contributed by atoms with Crippen LogP contribution in [0.3, 0.4) is 0 Å². The van der Waals surface area contributed by atoms with E-state index in [0.717, 1.165) is 32.1 Å². The Morgan fingerprint density at radius 2 is 1.11 bits per heavy atom. The average Bonchev–Trinajstić information content (AvgIpc) is 2.65. The van der Waals surface area contributed by atoms with E-state index < -0.39 is 17.9 Å². The monoisotopic (exact) mass is 396 g/mol. The average molecular weight is 397 g/mol. The summed E-state index contributed by atoms with van der Waals surface area (Å²) >= 11 is 0. The molecular weight excluding hydrogens is 352 g/mol. The van der Waals surface area contributed by atoms with Crippen molar-refractivity contribution in [1.82, 2.24) is 0 Å². The van der Waals surface area contributed by atoms with Crippen molar-refractivity contribution < 1.29 is 19.8 Å². The Bertz CT molecular complexity index is 403. The van der Waals surface area contributed by atoms with Crippen LogP contribution in [0.1, 0.15) is 122 Å². The topological polar surface area (TPSA) is 74.6 Å². The lowest BCUT2D eigenvalue weighted by Crippen LogP contribution is -2.17. The van der Waals surface area contributed by atoms with Crippen molar-refractivity contribution in [1.29, 1.82) is 0 Å². The van der Waals surface area contributed by atoms with Crippen molar-refractivity contribution >= 4 is 11.9 Å². The van der Waals surface area contributed by atoms with E-state index in [4.69, 9.17) is 10.2 Å². The predicted molar refractivity (Wildman–Crippen MR) is 117 cm³/mol. The number of allylic oxidation sites excluding steroid dienone is 2. The molecule has 28 heavy (non-hydrogen) atoms. The molecule has 0 aromatic carbocycles. The normalized spacial score (nSPS) is 12.5. The number of hydrogen-bond acceptors (Lipinski definition) is 2. The molecule has 0 spiro atoms. The molecule has 0 heterocycles. The zero-order valence-electron chi connectivity index (χ0n) is 18.2. The molecule has 0 radical (unpaired) electrons. The van der Waals surface area contributed by atoms with Crippen LogP contribution < -0.4 is 0 Å². The number of carbonyl (C=O) groups is 2. The van der Waals surface area contributed by atoms with E-state index >= 15 is 0 Å². The Labute approximate surface area is 172 Å². The van der Waals surface area contributed by atoms with Crippen molar-refractivity contribution in [3.05, 3.63) is 12.2 Å². The summed E-state index contributed by atoms with van der Waals surface area (Å²) in [5.74, 6) is -2.76. The molecule has 0 aromatic rings. The molecule has 0 saturated carbocycles. The molecule has 0 rings (SSSR count). The van der Waals surface area contributed by atoms with Crippen LogP contribution in [0.5, 0.6) is 0 Å². The largest absolute Gasteiger partial charge is 0.481 e. The van der Waals surface area contributed by atoms with Gasteiger partial charge in [0.25, 0.3) is 0 Å². The molecule has 4 nitrogen and oxygen atoms in total. The Morgan fingerprint density at radius 3 is 1.54 bits per heavy atom. The summed E-state index contributed by atoms with van der Waals surface area (Å²) in [6.07, 6.45) is 24.9. The molecule has 0 amide bonds. The molecule has 0 aliphatic heterocycles. The highest BCUT2D eigenvalue weighted by atomic mass is 16.4. The van der Waals surface area contributed by atoms with Gasteiger partial charge in [-0.3, -0.25) is 9.59 Å². The van der Waals surface area contributed by atoms with Gasteiger partial charge in [0.1, 0.15) is 0 Å². The van der Waals surface area contributed by atoms with Gasteiger partial charge < -0.3 is 10.2 Å². The van der Waals surface area contributed by atoms with E-state index in [9.17, 15) is 9.59 Å². The second-order valence-corrected chi connectivity index (χ2v) is 8.07. The van der Waals surface area contributed by atoms with Crippen LogP contribution in [0, 0.1) is 5.92 Å². The Balaban J connectivity index is 3.34. The van der Waals surface area contributed by atoms with Crippen LogP contribution in [0.2, 0.25) is 0 Å². The molecule has 164 valence electrons. The third-order valence-electron chi connectivity index (χ3n) is 5.33. The minimum absolute atomic E-state index is 0.270. The van der Waals surface area contributed by atoms with Gasteiger partial charge >= 0.3 is 11.9 Å². The highest BCUT2D eigenvalue weighted by Crippen LogP contribution is 2.15. The molecule has 4 heteroatoms. The summed E-state index contributed by atoms with van der Waals surface area (Å²) in [4.78, 5) is 21.6. The summed E-state index contributed by atoms with van der Waals surface area (Å²) in [7, 11) is 0. The van der Waals surface area contributed by atoms with E-state index in [0.29, 0.717) is 6.42 Å². The molecule has 2 N–H and O–H groups in total. The predicted octanol–water partition coefficient (Wildman–Crippen LogP) is 7.37. The number of rotatable bonds is 21. The van der Waals surface area contributed by atoms with Gasteiger partial charge in [0, 0.05) is 0 Å². The molecule has 0 saturated heterocycles.